The Kier molecular flexibility index (Phi) is 7.04. The van der Waals surface area contributed by atoms with E-state index in [2.05, 4.69) is 37.2 Å². The third kappa shape index (κ3) is 4.86. The maximum atomic E-state index is 9.17. The van der Waals surface area contributed by atoms with E-state index in [0.717, 1.165) is 63.4 Å². The molecule has 1 aromatic heterocycles. The summed E-state index contributed by atoms with van der Waals surface area (Å²) in [5.41, 5.74) is 3.54. The van der Waals surface area contributed by atoms with E-state index in [1.54, 1.807) is 19.5 Å². The first-order chi connectivity index (χ1) is 14.7. The van der Waals surface area contributed by atoms with Gasteiger partial charge in [-0.1, -0.05) is 17.7 Å². The van der Waals surface area contributed by atoms with Crippen LogP contribution >= 0.6 is 11.6 Å². The molecule has 7 nitrogen and oxygen atoms in total. The van der Waals surface area contributed by atoms with E-state index in [0.29, 0.717) is 17.0 Å². The lowest BCUT2D eigenvalue weighted by Gasteiger charge is -2.39. The summed E-state index contributed by atoms with van der Waals surface area (Å²) < 4.78 is 5.83. The predicted molar refractivity (Wildman–Crippen MR) is 119 cm³/mol. The van der Waals surface area contributed by atoms with Crippen LogP contribution in [0, 0.1) is 0 Å². The fraction of sp³-hybridized carbons (Fsp3) is 0.545. The lowest BCUT2D eigenvalue weighted by Crippen LogP contribution is -2.51. The summed E-state index contributed by atoms with van der Waals surface area (Å²) in [5.74, 6) is 1.39. The molecule has 162 valence electrons. The molecule has 2 N–H and O–H groups in total. The molecule has 2 aromatic rings. The Morgan fingerprint density at radius 2 is 1.97 bits per heavy atom. The highest BCUT2D eigenvalue weighted by Gasteiger charge is 2.27. The highest BCUT2D eigenvalue weighted by atomic mass is 35.5. The molecule has 2 aliphatic rings. The summed E-state index contributed by atoms with van der Waals surface area (Å²) in [5, 5.41) is 13.0. The van der Waals surface area contributed by atoms with Crippen LogP contribution in [0.2, 0.25) is 5.02 Å². The monoisotopic (exact) mass is 431 g/mol. The lowest BCUT2D eigenvalue weighted by molar-refractivity contribution is 0.0805. The van der Waals surface area contributed by atoms with Crippen LogP contribution in [0.3, 0.4) is 0 Å². The fourth-order valence-electron chi connectivity index (χ4n) is 4.64. The number of hydrogen-bond donors (Lipinski definition) is 2. The molecule has 8 heteroatoms. The first-order valence-corrected chi connectivity index (χ1v) is 11.1. The average molecular weight is 432 g/mol. The first-order valence-electron chi connectivity index (χ1n) is 10.7. The number of nitrogens with one attached hydrogen (secondary N) is 1. The molecule has 1 aliphatic carbocycles. The van der Waals surface area contributed by atoms with Crippen molar-refractivity contribution in [2.75, 3.05) is 51.8 Å². The van der Waals surface area contributed by atoms with Crippen LogP contribution in [0.25, 0.3) is 0 Å². The van der Waals surface area contributed by atoms with Gasteiger partial charge in [-0.05, 0) is 42.9 Å². The first kappa shape index (κ1) is 21.3. The lowest BCUT2D eigenvalue weighted by atomic mass is 9.98. The number of piperazine rings is 1. The van der Waals surface area contributed by atoms with Crippen molar-refractivity contribution in [2.45, 2.75) is 31.7 Å². The summed E-state index contributed by atoms with van der Waals surface area (Å²) >= 11 is 5.89. The molecule has 0 saturated carbocycles. The third-order valence-corrected chi connectivity index (χ3v) is 6.38. The zero-order valence-electron chi connectivity index (χ0n) is 17.5. The van der Waals surface area contributed by atoms with E-state index in [4.69, 9.17) is 16.3 Å². The van der Waals surface area contributed by atoms with Crippen LogP contribution in [0.5, 0.6) is 5.75 Å². The third-order valence-electron chi connectivity index (χ3n) is 6.19. The van der Waals surface area contributed by atoms with Gasteiger partial charge in [0.1, 0.15) is 5.75 Å². The minimum Gasteiger partial charge on any atom is -0.494 e. The van der Waals surface area contributed by atoms with Gasteiger partial charge in [0.25, 0.3) is 0 Å². The Labute approximate surface area is 183 Å². The summed E-state index contributed by atoms with van der Waals surface area (Å²) in [6.07, 6.45) is 7.56. The predicted octanol–water partition coefficient (Wildman–Crippen LogP) is 2.74. The van der Waals surface area contributed by atoms with Crippen molar-refractivity contribution >= 4 is 23.2 Å². The Balaban J connectivity index is 1.50. The van der Waals surface area contributed by atoms with Gasteiger partial charge in [0.05, 0.1) is 36.8 Å². The number of aliphatic hydroxyl groups excluding tert-OH is 1. The van der Waals surface area contributed by atoms with E-state index in [9.17, 15) is 5.11 Å². The van der Waals surface area contributed by atoms with E-state index in [1.165, 1.54) is 17.5 Å². The van der Waals surface area contributed by atoms with Crippen molar-refractivity contribution in [2.24, 2.45) is 0 Å². The van der Waals surface area contributed by atoms with E-state index in [1.807, 2.05) is 0 Å². The zero-order chi connectivity index (χ0) is 20.9. The molecule has 1 aliphatic heterocycles. The van der Waals surface area contributed by atoms with Crippen molar-refractivity contribution in [1.29, 1.82) is 0 Å². The van der Waals surface area contributed by atoms with Crippen molar-refractivity contribution in [3.8, 4) is 5.75 Å². The van der Waals surface area contributed by atoms with Crippen LogP contribution in [-0.4, -0.2) is 77.4 Å². The molecule has 1 saturated heterocycles. The Bertz CT molecular complexity index is 840. The van der Waals surface area contributed by atoms with Crippen molar-refractivity contribution in [3.05, 3.63) is 40.7 Å². The Morgan fingerprint density at radius 1 is 1.20 bits per heavy atom. The molecule has 1 fully saturated rings. The quantitative estimate of drug-likeness (QED) is 0.681. The van der Waals surface area contributed by atoms with Gasteiger partial charge >= 0.3 is 0 Å². The second-order valence-electron chi connectivity index (χ2n) is 7.99. The van der Waals surface area contributed by atoms with E-state index >= 15 is 0 Å². The number of aromatic nitrogens is 2. The number of ether oxygens (including phenoxy) is 1. The van der Waals surface area contributed by atoms with E-state index in [-0.39, 0.29) is 6.61 Å². The number of hydrogen-bond acceptors (Lipinski definition) is 7. The minimum absolute atomic E-state index is 0.244. The number of methoxy groups -OCH3 is 1. The topological polar surface area (TPSA) is 73.8 Å². The SMILES string of the molecule is COc1c(Nc2ncc(Cl)cn2)ccc2c1CCCC(N1CCN(CCO)CC1)C2. The van der Waals surface area contributed by atoms with Gasteiger partial charge in [0.2, 0.25) is 5.95 Å². The molecule has 0 amide bonds. The number of aliphatic hydroxyl groups is 1. The van der Waals surface area contributed by atoms with Gasteiger partial charge in [-0.3, -0.25) is 9.80 Å². The van der Waals surface area contributed by atoms with Gasteiger partial charge in [-0.15, -0.1) is 0 Å². The molecule has 0 spiro atoms. The maximum Gasteiger partial charge on any atom is 0.227 e. The van der Waals surface area contributed by atoms with Crippen LogP contribution in [-0.2, 0) is 12.8 Å². The molecular weight excluding hydrogens is 402 g/mol. The number of benzene rings is 1. The molecule has 4 rings (SSSR count). The molecule has 2 heterocycles. The summed E-state index contributed by atoms with van der Waals surface area (Å²) in [6, 6.07) is 4.85. The van der Waals surface area contributed by atoms with Crippen molar-refractivity contribution in [1.82, 2.24) is 19.8 Å². The molecule has 1 unspecified atom stereocenters. The zero-order valence-corrected chi connectivity index (χ0v) is 18.2. The van der Waals surface area contributed by atoms with Crippen LogP contribution in [0.4, 0.5) is 11.6 Å². The second kappa shape index (κ2) is 9.92. The smallest absolute Gasteiger partial charge is 0.227 e. The van der Waals surface area contributed by atoms with Gasteiger partial charge in [-0.25, -0.2) is 9.97 Å². The fourth-order valence-corrected chi connectivity index (χ4v) is 4.74. The van der Waals surface area contributed by atoms with Crippen molar-refractivity contribution in [3.63, 3.8) is 0 Å². The van der Waals surface area contributed by atoms with Gasteiger partial charge in [0, 0.05) is 38.8 Å². The number of rotatable bonds is 6. The van der Waals surface area contributed by atoms with Crippen LogP contribution in [0.15, 0.2) is 24.5 Å². The number of halogens is 1. The van der Waals surface area contributed by atoms with E-state index < -0.39 is 0 Å². The van der Waals surface area contributed by atoms with Crippen LogP contribution < -0.4 is 10.1 Å². The van der Waals surface area contributed by atoms with Gasteiger partial charge in [0.15, 0.2) is 0 Å². The Morgan fingerprint density at radius 3 is 2.67 bits per heavy atom. The molecule has 1 atom stereocenters. The second-order valence-corrected chi connectivity index (χ2v) is 8.42. The number of nitrogens with zero attached hydrogens (tertiary/aromatic N) is 4. The molecule has 1 aromatic carbocycles. The molecule has 30 heavy (non-hydrogen) atoms. The Hall–Kier alpha value is -1.93. The highest BCUT2D eigenvalue weighted by Crippen LogP contribution is 2.37. The minimum atomic E-state index is 0.244. The van der Waals surface area contributed by atoms with Gasteiger partial charge < -0.3 is 15.2 Å². The standard InChI is InChI=1S/C22H30ClN5O2/c1-30-21-19-4-2-3-18(28-9-7-27(8-10-28)11-12-29)13-16(19)5-6-20(21)26-22-24-14-17(23)15-25-22/h5-6,14-15,18,29H,2-4,7-13H2,1H3,(H,24,25,26). The largest absolute Gasteiger partial charge is 0.494 e. The maximum absolute atomic E-state index is 9.17. The molecule has 0 radical (unpaired) electrons. The average Bonchev–Trinajstić information content (AvgIpc) is 2.99. The number of fused-ring (bicyclic) bond motifs is 1. The number of anilines is 2. The van der Waals surface area contributed by atoms with Crippen molar-refractivity contribution < 1.29 is 9.84 Å². The van der Waals surface area contributed by atoms with Crippen LogP contribution in [0.1, 0.15) is 24.0 Å². The normalized spacial score (nSPS) is 20.4. The number of β-amino-alcohol motifs (C(OH)–C–C–N with tert-alkyl or cyclic N) is 1. The molecular formula is C22H30ClN5O2. The summed E-state index contributed by atoms with van der Waals surface area (Å²) in [7, 11) is 1.73. The summed E-state index contributed by atoms with van der Waals surface area (Å²) in [6.45, 7) is 5.25. The summed E-state index contributed by atoms with van der Waals surface area (Å²) in [4.78, 5) is 13.4. The highest BCUT2D eigenvalue weighted by molar-refractivity contribution is 6.30. The molecule has 0 bridgehead atoms. The van der Waals surface area contributed by atoms with Gasteiger partial charge in [-0.2, -0.15) is 0 Å².